The maximum Gasteiger partial charge on any atom is 0.181 e. The summed E-state index contributed by atoms with van der Waals surface area (Å²) in [6.45, 7) is 0.952. The van der Waals surface area contributed by atoms with Crippen molar-refractivity contribution in [2.45, 2.75) is 18.9 Å². The Bertz CT molecular complexity index is 324. The largest absolute Gasteiger partial charge is 0.321 e. The molecule has 4 nitrogen and oxygen atoms in total. The van der Waals surface area contributed by atoms with Gasteiger partial charge in [0.2, 0.25) is 0 Å². The Morgan fingerprint density at radius 2 is 2.31 bits per heavy atom. The van der Waals surface area contributed by atoms with Gasteiger partial charge in [-0.15, -0.1) is 0 Å². The van der Waals surface area contributed by atoms with Crippen molar-refractivity contribution in [1.29, 1.82) is 0 Å². The van der Waals surface area contributed by atoms with E-state index in [-0.39, 0.29) is 5.78 Å². The molecule has 0 aliphatic carbocycles. The zero-order valence-electron chi connectivity index (χ0n) is 9.89. The van der Waals surface area contributed by atoms with E-state index in [2.05, 4.69) is 9.88 Å². The second kappa shape index (κ2) is 6.35. The predicted molar refractivity (Wildman–Crippen MR) is 64.3 cm³/mol. The standard InChI is InChI=1S/C12H19N3O/c1-15(2)8-4-6-11(13)12(16)10-5-3-7-14-9-10/h3,5,7,9,11H,4,6,8,13H2,1-2H3. The summed E-state index contributed by atoms with van der Waals surface area (Å²) < 4.78 is 0. The highest BCUT2D eigenvalue weighted by Crippen LogP contribution is 2.05. The molecule has 16 heavy (non-hydrogen) atoms. The van der Waals surface area contributed by atoms with Crippen LogP contribution in [0.1, 0.15) is 23.2 Å². The molecule has 0 radical (unpaired) electrons. The van der Waals surface area contributed by atoms with E-state index in [9.17, 15) is 4.79 Å². The van der Waals surface area contributed by atoms with Gasteiger partial charge in [0, 0.05) is 18.0 Å². The number of carbonyl (C=O) groups is 1. The van der Waals surface area contributed by atoms with Gasteiger partial charge in [-0.2, -0.15) is 0 Å². The molecular weight excluding hydrogens is 202 g/mol. The molecule has 0 aliphatic rings. The Morgan fingerprint density at radius 3 is 2.88 bits per heavy atom. The van der Waals surface area contributed by atoms with Crippen molar-refractivity contribution in [1.82, 2.24) is 9.88 Å². The smallest absolute Gasteiger partial charge is 0.181 e. The molecule has 0 aliphatic heterocycles. The number of nitrogens with two attached hydrogens (primary N) is 1. The van der Waals surface area contributed by atoms with E-state index in [0.717, 1.165) is 13.0 Å². The van der Waals surface area contributed by atoms with Crippen LogP contribution >= 0.6 is 0 Å². The first-order chi connectivity index (χ1) is 7.61. The molecule has 1 heterocycles. The van der Waals surface area contributed by atoms with Crippen LogP contribution in [-0.2, 0) is 0 Å². The minimum atomic E-state index is -0.413. The number of Topliss-reactive ketones (excluding diaryl/α,β-unsaturated/α-hetero) is 1. The summed E-state index contributed by atoms with van der Waals surface area (Å²) in [5, 5.41) is 0. The second-order valence-electron chi connectivity index (χ2n) is 4.16. The number of ketones is 1. The third-order valence-corrected chi connectivity index (χ3v) is 2.40. The Hall–Kier alpha value is -1.26. The van der Waals surface area contributed by atoms with E-state index in [1.165, 1.54) is 0 Å². The molecule has 0 amide bonds. The van der Waals surface area contributed by atoms with Gasteiger partial charge in [-0.05, 0) is 45.6 Å². The molecule has 1 rings (SSSR count). The Kier molecular flexibility index (Phi) is 5.08. The van der Waals surface area contributed by atoms with E-state index in [1.54, 1.807) is 24.5 Å². The van der Waals surface area contributed by atoms with Gasteiger partial charge in [-0.1, -0.05) is 0 Å². The lowest BCUT2D eigenvalue weighted by Crippen LogP contribution is -2.31. The third-order valence-electron chi connectivity index (χ3n) is 2.40. The zero-order chi connectivity index (χ0) is 12.0. The van der Waals surface area contributed by atoms with Crippen LogP contribution in [0.2, 0.25) is 0 Å². The highest BCUT2D eigenvalue weighted by molar-refractivity contribution is 5.99. The van der Waals surface area contributed by atoms with Gasteiger partial charge in [0.05, 0.1) is 6.04 Å². The van der Waals surface area contributed by atoms with E-state index < -0.39 is 6.04 Å². The van der Waals surface area contributed by atoms with Crippen LogP contribution in [0.4, 0.5) is 0 Å². The lowest BCUT2D eigenvalue weighted by atomic mass is 10.0. The molecule has 0 bridgehead atoms. The highest BCUT2D eigenvalue weighted by atomic mass is 16.1. The van der Waals surface area contributed by atoms with Crippen LogP contribution in [-0.4, -0.2) is 42.3 Å². The summed E-state index contributed by atoms with van der Waals surface area (Å²) in [7, 11) is 4.02. The van der Waals surface area contributed by atoms with Gasteiger partial charge in [0.15, 0.2) is 5.78 Å². The van der Waals surface area contributed by atoms with Crippen LogP contribution in [0.25, 0.3) is 0 Å². The van der Waals surface area contributed by atoms with Crippen LogP contribution in [0, 0.1) is 0 Å². The summed E-state index contributed by atoms with van der Waals surface area (Å²) in [6.07, 6.45) is 4.86. The molecule has 4 heteroatoms. The molecule has 1 unspecified atom stereocenters. The minimum Gasteiger partial charge on any atom is -0.321 e. The van der Waals surface area contributed by atoms with Crippen LogP contribution < -0.4 is 5.73 Å². The van der Waals surface area contributed by atoms with Gasteiger partial charge in [-0.3, -0.25) is 9.78 Å². The average Bonchev–Trinajstić information content (AvgIpc) is 2.28. The number of aromatic nitrogens is 1. The van der Waals surface area contributed by atoms with Crippen molar-refractivity contribution in [2.24, 2.45) is 5.73 Å². The maximum atomic E-state index is 11.8. The van der Waals surface area contributed by atoms with Crippen LogP contribution in [0.15, 0.2) is 24.5 Å². The van der Waals surface area contributed by atoms with Crippen LogP contribution in [0.5, 0.6) is 0 Å². The van der Waals surface area contributed by atoms with Crippen molar-refractivity contribution in [2.75, 3.05) is 20.6 Å². The van der Waals surface area contributed by atoms with Gasteiger partial charge in [0.25, 0.3) is 0 Å². The van der Waals surface area contributed by atoms with Gasteiger partial charge < -0.3 is 10.6 Å². The molecule has 88 valence electrons. The zero-order valence-corrected chi connectivity index (χ0v) is 9.89. The second-order valence-corrected chi connectivity index (χ2v) is 4.16. The van der Waals surface area contributed by atoms with Gasteiger partial charge in [-0.25, -0.2) is 0 Å². The summed E-state index contributed by atoms with van der Waals surface area (Å²) in [6, 6.07) is 3.09. The first-order valence-corrected chi connectivity index (χ1v) is 5.46. The van der Waals surface area contributed by atoms with Crippen molar-refractivity contribution in [3.8, 4) is 0 Å². The number of rotatable bonds is 6. The maximum absolute atomic E-state index is 11.8. The van der Waals surface area contributed by atoms with Gasteiger partial charge >= 0.3 is 0 Å². The molecule has 1 aromatic heterocycles. The number of pyridine rings is 1. The summed E-state index contributed by atoms with van der Waals surface area (Å²) >= 11 is 0. The summed E-state index contributed by atoms with van der Waals surface area (Å²) in [5.41, 5.74) is 6.44. The van der Waals surface area contributed by atoms with E-state index in [4.69, 9.17) is 5.73 Å². The molecule has 0 spiro atoms. The van der Waals surface area contributed by atoms with Crippen LogP contribution in [0.3, 0.4) is 0 Å². The quantitative estimate of drug-likeness (QED) is 0.726. The Morgan fingerprint density at radius 1 is 1.56 bits per heavy atom. The SMILES string of the molecule is CN(C)CCCC(N)C(=O)c1cccnc1. The fraction of sp³-hybridized carbons (Fsp3) is 0.500. The minimum absolute atomic E-state index is 0.0214. The van der Waals surface area contributed by atoms with Gasteiger partial charge in [0.1, 0.15) is 0 Å². The Balaban J connectivity index is 2.43. The predicted octanol–water partition coefficient (Wildman–Crippen LogP) is 0.933. The number of carbonyl (C=O) groups excluding carboxylic acids is 1. The average molecular weight is 221 g/mol. The molecule has 0 saturated heterocycles. The molecule has 2 N–H and O–H groups in total. The normalized spacial score (nSPS) is 12.8. The van der Waals surface area contributed by atoms with Crippen molar-refractivity contribution in [3.05, 3.63) is 30.1 Å². The first kappa shape index (κ1) is 12.8. The molecule has 0 saturated carbocycles. The number of hydrogen-bond donors (Lipinski definition) is 1. The van der Waals surface area contributed by atoms with Crippen molar-refractivity contribution < 1.29 is 4.79 Å². The lowest BCUT2D eigenvalue weighted by Gasteiger charge is -2.13. The third kappa shape index (κ3) is 4.08. The van der Waals surface area contributed by atoms with E-state index in [1.807, 2.05) is 14.1 Å². The fourth-order valence-electron chi connectivity index (χ4n) is 1.48. The number of nitrogens with zero attached hydrogens (tertiary/aromatic N) is 2. The summed E-state index contributed by atoms with van der Waals surface area (Å²) in [5.74, 6) is -0.0214. The molecule has 0 aromatic carbocycles. The van der Waals surface area contributed by atoms with Crippen molar-refractivity contribution in [3.63, 3.8) is 0 Å². The monoisotopic (exact) mass is 221 g/mol. The molecule has 1 atom stereocenters. The molecule has 1 aromatic rings. The van der Waals surface area contributed by atoms with E-state index in [0.29, 0.717) is 12.0 Å². The highest BCUT2D eigenvalue weighted by Gasteiger charge is 2.15. The molecular formula is C12H19N3O. The molecule has 0 fully saturated rings. The lowest BCUT2D eigenvalue weighted by molar-refractivity contribution is 0.0955. The Labute approximate surface area is 96.5 Å². The summed E-state index contributed by atoms with van der Waals surface area (Å²) in [4.78, 5) is 17.8. The van der Waals surface area contributed by atoms with Crippen molar-refractivity contribution >= 4 is 5.78 Å². The fourth-order valence-corrected chi connectivity index (χ4v) is 1.48. The first-order valence-electron chi connectivity index (χ1n) is 5.46. The van der Waals surface area contributed by atoms with E-state index >= 15 is 0 Å². The topological polar surface area (TPSA) is 59.2 Å². The number of hydrogen-bond acceptors (Lipinski definition) is 4.